The van der Waals surface area contributed by atoms with Crippen LogP contribution in [0.15, 0.2) is 60.4 Å². The minimum Gasteiger partial charge on any atom is -0.488 e. The van der Waals surface area contributed by atoms with Crippen LogP contribution in [0.5, 0.6) is 5.75 Å². The molecule has 3 rings (SSSR count). The monoisotopic (exact) mass is 235 g/mol. The summed E-state index contributed by atoms with van der Waals surface area (Å²) in [7, 11) is 0. The van der Waals surface area contributed by atoms with Crippen LogP contribution in [0.4, 0.5) is 0 Å². The number of nitrogens with zero attached hydrogens (tertiary/aromatic N) is 1. The summed E-state index contributed by atoms with van der Waals surface area (Å²) >= 11 is 0. The van der Waals surface area contributed by atoms with E-state index in [1.54, 1.807) is 6.20 Å². The highest BCUT2D eigenvalue weighted by molar-refractivity contribution is 5.66. The van der Waals surface area contributed by atoms with E-state index in [4.69, 9.17) is 4.74 Å². The van der Waals surface area contributed by atoms with Gasteiger partial charge in [-0.05, 0) is 29.3 Å². The van der Waals surface area contributed by atoms with Gasteiger partial charge in [-0.1, -0.05) is 36.4 Å². The molecular weight excluding hydrogens is 222 g/mol. The summed E-state index contributed by atoms with van der Waals surface area (Å²) in [5.41, 5.74) is 3.39. The second-order valence-corrected chi connectivity index (χ2v) is 4.17. The van der Waals surface area contributed by atoms with Gasteiger partial charge in [0.25, 0.3) is 0 Å². The number of hydrogen-bond acceptors (Lipinski definition) is 2. The third-order valence-corrected chi connectivity index (χ3v) is 2.83. The molecule has 2 heterocycles. The third-order valence-electron chi connectivity index (χ3n) is 2.83. The van der Waals surface area contributed by atoms with Gasteiger partial charge in [0.2, 0.25) is 0 Å². The van der Waals surface area contributed by atoms with Crippen molar-refractivity contribution in [3.8, 4) is 5.75 Å². The molecule has 0 radical (unpaired) electrons. The fourth-order valence-electron chi connectivity index (χ4n) is 1.91. The maximum atomic E-state index is 5.69. The van der Waals surface area contributed by atoms with Crippen LogP contribution in [-0.4, -0.2) is 11.6 Å². The van der Waals surface area contributed by atoms with E-state index < -0.39 is 0 Å². The molecule has 1 aliphatic rings. The molecule has 0 saturated carbocycles. The molecule has 2 heteroatoms. The van der Waals surface area contributed by atoms with Crippen molar-refractivity contribution in [2.24, 2.45) is 0 Å². The zero-order chi connectivity index (χ0) is 12.2. The summed E-state index contributed by atoms with van der Waals surface area (Å²) in [5.74, 6) is 0.955. The van der Waals surface area contributed by atoms with Gasteiger partial charge >= 0.3 is 0 Å². The Balaban J connectivity index is 1.83. The molecule has 0 fully saturated rings. The number of ether oxygens (including phenoxy) is 1. The van der Waals surface area contributed by atoms with Gasteiger partial charge in [0, 0.05) is 18.0 Å². The van der Waals surface area contributed by atoms with Gasteiger partial charge in [-0.3, -0.25) is 4.98 Å². The fraction of sp³-hybridized carbons (Fsp3) is 0.0625. The van der Waals surface area contributed by atoms with Gasteiger partial charge in [0.15, 0.2) is 0 Å². The van der Waals surface area contributed by atoms with Gasteiger partial charge in [-0.2, -0.15) is 0 Å². The van der Waals surface area contributed by atoms with Crippen LogP contribution in [0, 0.1) is 0 Å². The summed E-state index contributed by atoms with van der Waals surface area (Å²) < 4.78 is 5.69. The van der Waals surface area contributed by atoms with Crippen molar-refractivity contribution in [2.75, 3.05) is 6.61 Å². The fourth-order valence-corrected chi connectivity index (χ4v) is 1.91. The number of benzene rings is 1. The van der Waals surface area contributed by atoms with Crippen LogP contribution in [0.3, 0.4) is 0 Å². The molecule has 0 spiro atoms. The van der Waals surface area contributed by atoms with Gasteiger partial charge in [0.1, 0.15) is 12.4 Å². The molecule has 18 heavy (non-hydrogen) atoms. The molecule has 0 amide bonds. The van der Waals surface area contributed by atoms with Crippen molar-refractivity contribution in [1.82, 2.24) is 4.98 Å². The van der Waals surface area contributed by atoms with Crippen molar-refractivity contribution >= 4 is 12.2 Å². The van der Waals surface area contributed by atoms with Crippen LogP contribution in [0.1, 0.15) is 11.1 Å². The van der Waals surface area contributed by atoms with E-state index in [0.717, 1.165) is 22.4 Å². The van der Waals surface area contributed by atoms with E-state index in [1.165, 1.54) is 0 Å². The van der Waals surface area contributed by atoms with E-state index in [1.807, 2.05) is 36.5 Å². The second-order valence-electron chi connectivity index (χ2n) is 4.17. The van der Waals surface area contributed by atoms with Gasteiger partial charge in [-0.25, -0.2) is 0 Å². The number of rotatable bonds is 2. The van der Waals surface area contributed by atoms with Crippen molar-refractivity contribution in [3.05, 3.63) is 71.6 Å². The highest BCUT2D eigenvalue weighted by atomic mass is 16.5. The predicted molar refractivity (Wildman–Crippen MR) is 73.2 cm³/mol. The van der Waals surface area contributed by atoms with Crippen LogP contribution in [0.2, 0.25) is 0 Å². The highest BCUT2D eigenvalue weighted by Gasteiger charge is 2.07. The zero-order valence-electron chi connectivity index (χ0n) is 9.91. The van der Waals surface area contributed by atoms with Crippen molar-refractivity contribution in [3.63, 3.8) is 0 Å². The molecule has 0 atom stereocenters. The number of para-hydroxylation sites is 1. The van der Waals surface area contributed by atoms with E-state index >= 15 is 0 Å². The lowest BCUT2D eigenvalue weighted by molar-refractivity contribution is 0.351. The molecule has 0 N–H and O–H groups in total. The van der Waals surface area contributed by atoms with E-state index in [2.05, 4.69) is 29.3 Å². The smallest absolute Gasteiger partial charge is 0.127 e. The topological polar surface area (TPSA) is 22.1 Å². The molecule has 0 aliphatic carbocycles. The molecule has 1 aromatic heterocycles. The Labute approximate surface area is 106 Å². The summed E-state index contributed by atoms with van der Waals surface area (Å²) in [5, 5.41) is 0. The Hall–Kier alpha value is -2.35. The first-order valence-electron chi connectivity index (χ1n) is 5.92. The second kappa shape index (κ2) is 4.88. The third kappa shape index (κ3) is 2.33. The first-order chi connectivity index (χ1) is 8.92. The molecule has 1 aromatic carbocycles. The number of fused-ring (bicyclic) bond motifs is 1. The molecule has 1 aliphatic heterocycles. The summed E-state index contributed by atoms with van der Waals surface area (Å²) in [6, 6.07) is 12.0. The molecule has 88 valence electrons. The molecule has 2 aromatic rings. The lowest BCUT2D eigenvalue weighted by Crippen LogP contribution is -2.05. The summed E-state index contributed by atoms with van der Waals surface area (Å²) in [4.78, 5) is 4.08. The normalized spacial score (nSPS) is 13.9. The largest absolute Gasteiger partial charge is 0.488 e. The van der Waals surface area contributed by atoms with Crippen molar-refractivity contribution in [2.45, 2.75) is 0 Å². The number of pyridine rings is 1. The molecule has 0 unspecified atom stereocenters. The first-order valence-corrected chi connectivity index (χ1v) is 5.92. The Bertz CT molecular complexity index is 600. The SMILES string of the molecule is C1=C(/C=C\c2cccnc2)COc2ccccc21. The average Bonchev–Trinajstić information content (AvgIpc) is 2.46. The average molecular weight is 235 g/mol. The molecule has 0 bridgehead atoms. The lowest BCUT2D eigenvalue weighted by atomic mass is 10.1. The minimum atomic E-state index is 0.619. The quantitative estimate of drug-likeness (QED) is 0.793. The Kier molecular flexibility index (Phi) is 2.92. The van der Waals surface area contributed by atoms with Gasteiger partial charge in [0.05, 0.1) is 0 Å². The lowest BCUT2D eigenvalue weighted by Gasteiger charge is -2.15. The Morgan fingerprint density at radius 3 is 2.89 bits per heavy atom. The number of hydrogen-bond donors (Lipinski definition) is 0. The van der Waals surface area contributed by atoms with Gasteiger partial charge in [-0.15, -0.1) is 0 Å². The predicted octanol–water partition coefficient (Wildman–Crippen LogP) is 3.57. The standard InChI is InChI=1S/C16H13NO/c1-2-6-16-15(5-1)10-14(12-18-16)8-7-13-4-3-9-17-11-13/h1-11H,12H2/b8-7-. The van der Waals surface area contributed by atoms with Crippen LogP contribution in [0.25, 0.3) is 12.2 Å². The molecule has 0 saturated heterocycles. The number of aromatic nitrogens is 1. The van der Waals surface area contributed by atoms with E-state index in [0.29, 0.717) is 6.61 Å². The van der Waals surface area contributed by atoms with Crippen LogP contribution < -0.4 is 4.74 Å². The Morgan fingerprint density at radius 1 is 1.06 bits per heavy atom. The van der Waals surface area contributed by atoms with E-state index in [9.17, 15) is 0 Å². The minimum absolute atomic E-state index is 0.619. The maximum Gasteiger partial charge on any atom is 0.127 e. The van der Waals surface area contributed by atoms with Crippen LogP contribution >= 0.6 is 0 Å². The highest BCUT2D eigenvalue weighted by Crippen LogP contribution is 2.26. The zero-order valence-corrected chi connectivity index (χ0v) is 9.91. The first kappa shape index (κ1) is 10.8. The molecule has 2 nitrogen and oxygen atoms in total. The van der Waals surface area contributed by atoms with Crippen molar-refractivity contribution < 1.29 is 4.74 Å². The maximum absolute atomic E-state index is 5.69. The van der Waals surface area contributed by atoms with Crippen molar-refractivity contribution in [1.29, 1.82) is 0 Å². The Morgan fingerprint density at radius 2 is 2.00 bits per heavy atom. The van der Waals surface area contributed by atoms with Crippen LogP contribution in [-0.2, 0) is 0 Å². The summed E-state index contributed by atoms with van der Waals surface area (Å²) in [6.07, 6.45) is 9.90. The summed E-state index contributed by atoms with van der Waals surface area (Å²) in [6.45, 7) is 0.619. The van der Waals surface area contributed by atoms with E-state index in [-0.39, 0.29) is 0 Å². The molecular formula is C16H13NO. The van der Waals surface area contributed by atoms with Gasteiger partial charge < -0.3 is 4.74 Å².